The summed E-state index contributed by atoms with van der Waals surface area (Å²) in [6.45, 7) is 3.55. The van der Waals surface area contributed by atoms with Gasteiger partial charge in [0.25, 0.3) is 11.8 Å². The first-order chi connectivity index (χ1) is 16.3. The Morgan fingerprint density at radius 1 is 1.00 bits per heavy atom. The van der Waals surface area contributed by atoms with E-state index in [0.29, 0.717) is 32.7 Å². The lowest BCUT2D eigenvalue weighted by atomic mass is 10.1. The van der Waals surface area contributed by atoms with Crippen LogP contribution in [-0.2, 0) is 9.59 Å². The van der Waals surface area contributed by atoms with E-state index in [-0.39, 0.29) is 12.2 Å². The smallest absolute Gasteiger partial charge is 0.266 e. The molecule has 0 aliphatic carbocycles. The number of nitrogens with zero attached hydrogens (tertiary/aromatic N) is 1. The van der Waals surface area contributed by atoms with Crippen LogP contribution in [0.25, 0.3) is 6.08 Å². The van der Waals surface area contributed by atoms with E-state index >= 15 is 0 Å². The number of anilines is 2. The van der Waals surface area contributed by atoms with Gasteiger partial charge in [-0.25, -0.2) is 0 Å². The number of nitrogens with one attached hydrogen (secondary N) is 2. The number of hydrogen-bond acceptors (Lipinski definition) is 4. The van der Waals surface area contributed by atoms with Crippen LogP contribution in [0.3, 0.4) is 0 Å². The number of halogens is 2. The van der Waals surface area contributed by atoms with Crippen LogP contribution in [0.5, 0.6) is 5.75 Å². The average molecular weight is 494 g/mol. The molecule has 0 atom stereocenters. The van der Waals surface area contributed by atoms with Crippen LogP contribution >= 0.6 is 23.2 Å². The summed E-state index contributed by atoms with van der Waals surface area (Å²) in [5.41, 5.74) is 3.45. The minimum atomic E-state index is -0.540. The van der Waals surface area contributed by atoms with Crippen molar-refractivity contribution in [2.75, 3.05) is 17.2 Å². The molecule has 0 aromatic heterocycles. The van der Waals surface area contributed by atoms with Crippen LogP contribution in [0.4, 0.5) is 11.4 Å². The molecule has 0 saturated carbocycles. The summed E-state index contributed by atoms with van der Waals surface area (Å²) >= 11 is 11.8. The lowest BCUT2D eigenvalue weighted by Gasteiger charge is -2.11. The first-order valence-electron chi connectivity index (χ1n) is 10.2. The molecule has 0 fully saturated rings. The van der Waals surface area contributed by atoms with Crippen LogP contribution in [0.2, 0.25) is 10.0 Å². The third-order valence-corrected chi connectivity index (χ3v) is 5.52. The maximum atomic E-state index is 12.7. The number of rotatable bonds is 7. The largest absolute Gasteiger partial charge is 0.483 e. The molecule has 2 amide bonds. The second-order valence-electron chi connectivity index (χ2n) is 7.45. The van der Waals surface area contributed by atoms with Crippen molar-refractivity contribution < 1.29 is 14.3 Å². The molecule has 3 rings (SSSR count). The molecule has 3 aromatic carbocycles. The van der Waals surface area contributed by atoms with E-state index in [1.54, 1.807) is 42.5 Å². The molecule has 0 bridgehead atoms. The van der Waals surface area contributed by atoms with Gasteiger partial charge in [0.1, 0.15) is 17.4 Å². The van der Waals surface area contributed by atoms with Crippen molar-refractivity contribution >= 4 is 52.5 Å². The standard InChI is InChI=1S/C26H21Cl2N3O3/c1-16-7-10-23(17(2)11-16)31-26(33)19(14-29)12-18-5-3-4-6-24(18)34-15-25(32)30-20-8-9-21(27)22(28)13-20/h3-13H,15H2,1-2H3,(H,30,32)(H,31,33). The Morgan fingerprint density at radius 3 is 2.47 bits per heavy atom. The molecule has 6 nitrogen and oxygen atoms in total. The molecule has 0 saturated heterocycles. The number of carbonyl (C=O) groups is 2. The third kappa shape index (κ3) is 6.61. The lowest BCUT2D eigenvalue weighted by molar-refractivity contribution is -0.118. The number of hydrogen-bond donors (Lipinski definition) is 2. The Bertz CT molecular complexity index is 1310. The van der Waals surface area contributed by atoms with E-state index in [1.807, 2.05) is 32.0 Å². The first-order valence-corrected chi connectivity index (χ1v) is 11.0. The lowest BCUT2D eigenvalue weighted by Crippen LogP contribution is -2.20. The maximum absolute atomic E-state index is 12.7. The van der Waals surface area contributed by atoms with Gasteiger partial charge in [-0.3, -0.25) is 9.59 Å². The second kappa shape index (κ2) is 11.4. The SMILES string of the molecule is Cc1ccc(NC(=O)C(C#N)=Cc2ccccc2OCC(=O)Nc2ccc(Cl)c(Cl)c2)c(C)c1. The molecule has 0 unspecified atom stereocenters. The van der Waals surface area contributed by atoms with Gasteiger partial charge < -0.3 is 15.4 Å². The Labute approximate surface area is 207 Å². The highest BCUT2D eigenvalue weighted by atomic mass is 35.5. The molecule has 0 spiro atoms. The van der Waals surface area contributed by atoms with Crippen molar-refractivity contribution in [1.82, 2.24) is 0 Å². The molecule has 172 valence electrons. The van der Waals surface area contributed by atoms with E-state index in [0.717, 1.165) is 11.1 Å². The first kappa shape index (κ1) is 24.8. The number of carbonyl (C=O) groups excluding carboxylic acids is 2. The molecule has 34 heavy (non-hydrogen) atoms. The average Bonchev–Trinajstić information content (AvgIpc) is 2.81. The molecule has 0 aliphatic heterocycles. The number of benzene rings is 3. The normalized spacial score (nSPS) is 10.9. The molecule has 0 radical (unpaired) electrons. The van der Waals surface area contributed by atoms with Gasteiger partial charge in [0.05, 0.1) is 10.0 Å². The third-order valence-electron chi connectivity index (χ3n) is 4.78. The fraction of sp³-hybridized carbons (Fsp3) is 0.115. The highest BCUT2D eigenvalue weighted by Gasteiger charge is 2.13. The van der Waals surface area contributed by atoms with Crippen LogP contribution in [0.15, 0.2) is 66.2 Å². The Kier molecular flexibility index (Phi) is 8.31. The fourth-order valence-corrected chi connectivity index (χ4v) is 3.39. The van der Waals surface area contributed by atoms with Crippen molar-refractivity contribution in [1.29, 1.82) is 5.26 Å². The predicted molar refractivity (Wildman–Crippen MR) is 135 cm³/mol. The van der Waals surface area contributed by atoms with Gasteiger partial charge in [0, 0.05) is 16.9 Å². The molecule has 3 aromatic rings. The highest BCUT2D eigenvalue weighted by molar-refractivity contribution is 6.42. The van der Waals surface area contributed by atoms with E-state index in [4.69, 9.17) is 27.9 Å². The zero-order valence-corrected chi connectivity index (χ0v) is 20.0. The van der Waals surface area contributed by atoms with Gasteiger partial charge >= 0.3 is 0 Å². The summed E-state index contributed by atoms with van der Waals surface area (Å²) in [6.07, 6.45) is 1.42. The summed E-state index contributed by atoms with van der Waals surface area (Å²) in [4.78, 5) is 25.0. The summed E-state index contributed by atoms with van der Waals surface area (Å²) in [7, 11) is 0. The van der Waals surface area contributed by atoms with Gasteiger partial charge in [-0.15, -0.1) is 0 Å². The number of ether oxygens (including phenoxy) is 1. The topological polar surface area (TPSA) is 91.2 Å². The summed E-state index contributed by atoms with van der Waals surface area (Å²) in [5, 5.41) is 15.7. The molecule has 0 aliphatic rings. The minimum Gasteiger partial charge on any atom is -0.483 e. The molecular weight excluding hydrogens is 473 g/mol. The molecular formula is C26H21Cl2N3O3. The fourth-order valence-electron chi connectivity index (χ4n) is 3.09. The van der Waals surface area contributed by atoms with Gasteiger partial charge in [0.15, 0.2) is 6.61 Å². The van der Waals surface area contributed by atoms with E-state index in [1.165, 1.54) is 12.1 Å². The van der Waals surface area contributed by atoms with Crippen LogP contribution in [0, 0.1) is 25.2 Å². The molecule has 0 heterocycles. The predicted octanol–water partition coefficient (Wildman–Crippen LogP) is 6.17. The summed E-state index contributed by atoms with van der Waals surface area (Å²) in [5.74, 6) is -0.606. The highest BCUT2D eigenvalue weighted by Crippen LogP contribution is 2.25. The zero-order valence-electron chi connectivity index (χ0n) is 18.5. The van der Waals surface area contributed by atoms with Gasteiger partial charge in [0.2, 0.25) is 0 Å². The van der Waals surface area contributed by atoms with Crippen LogP contribution in [-0.4, -0.2) is 18.4 Å². The van der Waals surface area contributed by atoms with E-state index in [2.05, 4.69) is 10.6 Å². The van der Waals surface area contributed by atoms with Crippen molar-refractivity contribution in [3.63, 3.8) is 0 Å². The monoisotopic (exact) mass is 493 g/mol. The van der Waals surface area contributed by atoms with Crippen molar-refractivity contribution in [2.45, 2.75) is 13.8 Å². The number of nitriles is 1. The summed E-state index contributed by atoms with van der Waals surface area (Å²) < 4.78 is 5.64. The van der Waals surface area contributed by atoms with Gasteiger partial charge in [-0.05, 0) is 55.8 Å². The van der Waals surface area contributed by atoms with Gasteiger partial charge in [-0.2, -0.15) is 5.26 Å². The van der Waals surface area contributed by atoms with Crippen LogP contribution in [0.1, 0.15) is 16.7 Å². The number of para-hydroxylation sites is 1. The second-order valence-corrected chi connectivity index (χ2v) is 8.26. The number of amides is 2. The number of aryl methyl sites for hydroxylation is 2. The van der Waals surface area contributed by atoms with Crippen LogP contribution < -0.4 is 15.4 Å². The van der Waals surface area contributed by atoms with Gasteiger partial charge in [-0.1, -0.05) is 59.1 Å². The summed E-state index contributed by atoms with van der Waals surface area (Å²) in [6, 6.07) is 19.1. The van der Waals surface area contributed by atoms with E-state index < -0.39 is 11.8 Å². The minimum absolute atomic E-state index is 0.101. The van der Waals surface area contributed by atoms with Crippen molar-refractivity contribution in [2.24, 2.45) is 0 Å². The van der Waals surface area contributed by atoms with Crippen molar-refractivity contribution in [3.8, 4) is 11.8 Å². The Balaban J connectivity index is 1.71. The quantitative estimate of drug-likeness (QED) is 0.304. The van der Waals surface area contributed by atoms with Crippen molar-refractivity contribution in [3.05, 3.63) is 93.0 Å². The molecule has 8 heteroatoms. The zero-order chi connectivity index (χ0) is 24.7. The Morgan fingerprint density at radius 2 is 1.76 bits per heavy atom. The maximum Gasteiger partial charge on any atom is 0.266 e. The Hall–Kier alpha value is -3.79. The van der Waals surface area contributed by atoms with E-state index in [9.17, 15) is 14.9 Å². The molecule has 2 N–H and O–H groups in total.